The highest BCUT2D eigenvalue weighted by Gasteiger charge is 2.29. The molecule has 0 bridgehead atoms. The van der Waals surface area contributed by atoms with Crippen LogP contribution in [-0.2, 0) is 9.47 Å². The van der Waals surface area contributed by atoms with E-state index in [0.717, 1.165) is 19.4 Å². The molecule has 1 unspecified atom stereocenters. The predicted octanol–water partition coefficient (Wildman–Crippen LogP) is 4.35. The molecule has 0 heterocycles. The third-order valence-electron chi connectivity index (χ3n) is 5.27. The van der Waals surface area contributed by atoms with Gasteiger partial charge in [0.1, 0.15) is 5.60 Å². The summed E-state index contributed by atoms with van der Waals surface area (Å²) in [5.41, 5.74) is -0.697. The van der Waals surface area contributed by atoms with E-state index in [1.54, 1.807) is 7.11 Å². The smallest absolute Gasteiger partial charge is 0.410 e. The van der Waals surface area contributed by atoms with E-state index in [9.17, 15) is 4.79 Å². The van der Waals surface area contributed by atoms with E-state index < -0.39 is 5.60 Å². The summed E-state index contributed by atoms with van der Waals surface area (Å²) in [6.07, 6.45) is 6.93. The minimum atomic E-state index is -0.459. The molecule has 5 heteroatoms. The molecular formula is C20H40N2O3. The molecule has 1 fully saturated rings. The second kappa shape index (κ2) is 9.77. The van der Waals surface area contributed by atoms with Gasteiger partial charge < -0.3 is 19.7 Å². The molecular weight excluding hydrogens is 316 g/mol. The number of hydrogen-bond donors (Lipinski definition) is 1. The highest BCUT2D eigenvalue weighted by molar-refractivity contribution is 5.68. The van der Waals surface area contributed by atoms with Crippen LogP contribution < -0.4 is 5.32 Å². The summed E-state index contributed by atoms with van der Waals surface area (Å²) < 4.78 is 11.2. The Morgan fingerprint density at radius 2 is 1.68 bits per heavy atom. The first-order valence-corrected chi connectivity index (χ1v) is 9.85. The summed E-state index contributed by atoms with van der Waals surface area (Å²) in [4.78, 5) is 14.7. The molecule has 1 rings (SSSR count). The first-order valence-electron chi connectivity index (χ1n) is 9.85. The lowest BCUT2D eigenvalue weighted by Gasteiger charge is -2.35. The van der Waals surface area contributed by atoms with Crippen molar-refractivity contribution in [3.8, 4) is 0 Å². The summed E-state index contributed by atoms with van der Waals surface area (Å²) in [7, 11) is 1.73. The quantitative estimate of drug-likeness (QED) is 0.689. The molecule has 0 radical (unpaired) electrons. The molecule has 0 aromatic heterocycles. The molecule has 5 nitrogen and oxygen atoms in total. The number of carbonyl (C=O) groups excluding carboxylic acids is 1. The Labute approximate surface area is 154 Å². The molecule has 1 aliphatic rings. The van der Waals surface area contributed by atoms with Crippen LogP contribution in [0, 0.1) is 0 Å². The van der Waals surface area contributed by atoms with Crippen LogP contribution in [-0.4, -0.2) is 54.5 Å². The maximum absolute atomic E-state index is 12.8. The number of rotatable bonds is 7. The highest BCUT2D eigenvalue weighted by Crippen LogP contribution is 2.23. The topological polar surface area (TPSA) is 50.8 Å². The van der Waals surface area contributed by atoms with Gasteiger partial charge in [0.25, 0.3) is 0 Å². The summed E-state index contributed by atoms with van der Waals surface area (Å²) in [6, 6.07) is 0.497. The van der Waals surface area contributed by atoms with Crippen LogP contribution in [0.3, 0.4) is 0 Å². The molecule has 1 aliphatic carbocycles. The highest BCUT2D eigenvalue weighted by atomic mass is 16.6. The van der Waals surface area contributed by atoms with E-state index in [0.29, 0.717) is 12.6 Å². The molecule has 1 atom stereocenters. The van der Waals surface area contributed by atoms with Gasteiger partial charge >= 0.3 is 6.09 Å². The average molecular weight is 357 g/mol. The number of hydrogen-bond acceptors (Lipinski definition) is 4. The van der Waals surface area contributed by atoms with E-state index in [-0.39, 0.29) is 17.7 Å². The molecule has 0 aromatic rings. The van der Waals surface area contributed by atoms with Gasteiger partial charge in [0.05, 0.1) is 5.60 Å². The van der Waals surface area contributed by atoms with Crippen molar-refractivity contribution in [1.29, 1.82) is 0 Å². The minimum Gasteiger partial charge on any atom is -0.444 e. The van der Waals surface area contributed by atoms with Crippen LogP contribution in [0.25, 0.3) is 0 Å². The first-order chi connectivity index (χ1) is 11.6. The van der Waals surface area contributed by atoms with E-state index in [1.807, 2.05) is 25.7 Å². The Morgan fingerprint density at radius 3 is 2.16 bits per heavy atom. The van der Waals surface area contributed by atoms with Crippen molar-refractivity contribution in [2.24, 2.45) is 0 Å². The largest absolute Gasteiger partial charge is 0.444 e. The van der Waals surface area contributed by atoms with Gasteiger partial charge in [0.2, 0.25) is 0 Å². The van der Waals surface area contributed by atoms with Crippen molar-refractivity contribution >= 4 is 6.09 Å². The van der Waals surface area contributed by atoms with Crippen molar-refractivity contribution < 1.29 is 14.3 Å². The molecule has 1 N–H and O–H groups in total. The van der Waals surface area contributed by atoms with Crippen molar-refractivity contribution in [3.05, 3.63) is 0 Å². The zero-order valence-electron chi connectivity index (χ0n) is 17.5. The normalized spacial score (nSPS) is 18.5. The Balaban J connectivity index is 2.68. The maximum Gasteiger partial charge on any atom is 0.410 e. The van der Waals surface area contributed by atoms with Crippen molar-refractivity contribution in [3.63, 3.8) is 0 Å². The fraction of sp³-hybridized carbons (Fsp3) is 0.950. The van der Waals surface area contributed by atoms with Crippen molar-refractivity contribution in [2.45, 2.75) is 103 Å². The van der Waals surface area contributed by atoms with E-state index in [1.165, 1.54) is 25.7 Å². The Hall–Kier alpha value is -0.810. The van der Waals surface area contributed by atoms with Crippen LogP contribution in [0.15, 0.2) is 0 Å². The summed E-state index contributed by atoms with van der Waals surface area (Å²) in [6.45, 7) is 13.5. The van der Waals surface area contributed by atoms with Gasteiger partial charge in [-0.3, -0.25) is 0 Å². The fourth-order valence-electron chi connectivity index (χ4n) is 3.14. The number of nitrogens with one attached hydrogen (secondary N) is 1. The number of methoxy groups -OCH3 is 1. The zero-order valence-corrected chi connectivity index (χ0v) is 17.5. The van der Waals surface area contributed by atoms with Gasteiger partial charge in [-0.15, -0.1) is 0 Å². The summed E-state index contributed by atoms with van der Waals surface area (Å²) >= 11 is 0. The number of nitrogens with zero attached hydrogens (tertiary/aromatic N) is 1. The molecule has 0 aliphatic heterocycles. The molecule has 1 amide bonds. The second-order valence-electron chi connectivity index (χ2n) is 8.80. The number of amides is 1. The van der Waals surface area contributed by atoms with Crippen LogP contribution in [0.2, 0.25) is 0 Å². The zero-order chi connectivity index (χ0) is 19.1. The molecule has 25 heavy (non-hydrogen) atoms. The average Bonchev–Trinajstić information content (AvgIpc) is 2.78. The van der Waals surface area contributed by atoms with Gasteiger partial charge in [-0.1, -0.05) is 25.7 Å². The van der Waals surface area contributed by atoms with Crippen LogP contribution in [0.1, 0.15) is 80.1 Å². The number of ether oxygens (including phenoxy) is 2. The summed E-state index contributed by atoms with van der Waals surface area (Å²) in [5.74, 6) is 0. The van der Waals surface area contributed by atoms with Gasteiger partial charge in [0.15, 0.2) is 0 Å². The standard InChI is InChI=1S/C20H40N2O3/c1-16(20(5,6)24-7)21-14-15-22(18(23)25-19(2,3)4)17-12-10-8-9-11-13-17/h16-17,21H,8-15H2,1-7H3. The lowest BCUT2D eigenvalue weighted by molar-refractivity contribution is -0.00709. The molecule has 0 aromatic carbocycles. The molecule has 1 saturated carbocycles. The van der Waals surface area contributed by atoms with Gasteiger partial charge in [-0.2, -0.15) is 0 Å². The minimum absolute atomic E-state index is 0.181. The monoisotopic (exact) mass is 356 g/mol. The van der Waals surface area contributed by atoms with E-state index in [4.69, 9.17) is 9.47 Å². The third kappa shape index (κ3) is 7.95. The maximum atomic E-state index is 12.8. The lowest BCUT2D eigenvalue weighted by Crippen LogP contribution is -2.50. The Bertz CT molecular complexity index is 396. The van der Waals surface area contributed by atoms with Gasteiger partial charge in [-0.25, -0.2) is 4.79 Å². The Morgan fingerprint density at radius 1 is 1.12 bits per heavy atom. The van der Waals surface area contributed by atoms with Crippen LogP contribution in [0.4, 0.5) is 4.79 Å². The molecule has 0 saturated heterocycles. The third-order valence-corrected chi connectivity index (χ3v) is 5.27. The van der Waals surface area contributed by atoms with E-state index in [2.05, 4.69) is 26.1 Å². The van der Waals surface area contributed by atoms with Crippen LogP contribution in [0.5, 0.6) is 0 Å². The molecule has 148 valence electrons. The lowest BCUT2D eigenvalue weighted by atomic mass is 10.0. The fourth-order valence-corrected chi connectivity index (χ4v) is 3.14. The van der Waals surface area contributed by atoms with Crippen molar-refractivity contribution in [1.82, 2.24) is 10.2 Å². The first kappa shape index (κ1) is 22.2. The van der Waals surface area contributed by atoms with Gasteiger partial charge in [0, 0.05) is 32.3 Å². The number of carbonyl (C=O) groups is 1. The summed E-state index contributed by atoms with van der Waals surface area (Å²) in [5, 5.41) is 3.50. The van der Waals surface area contributed by atoms with Crippen LogP contribution >= 0.6 is 0 Å². The molecule has 0 spiro atoms. The Kier molecular flexibility index (Phi) is 8.69. The predicted molar refractivity (Wildman–Crippen MR) is 103 cm³/mol. The second-order valence-corrected chi connectivity index (χ2v) is 8.80. The van der Waals surface area contributed by atoms with E-state index >= 15 is 0 Å². The SMILES string of the molecule is COC(C)(C)C(C)NCCN(C(=O)OC(C)(C)C)C1CCCCCC1. The van der Waals surface area contributed by atoms with Gasteiger partial charge in [-0.05, 0) is 54.4 Å². The van der Waals surface area contributed by atoms with Crippen molar-refractivity contribution in [2.75, 3.05) is 20.2 Å².